The topological polar surface area (TPSA) is 105 Å². The molecule has 32 heavy (non-hydrogen) atoms. The Labute approximate surface area is 187 Å². The van der Waals surface area contributed by atoms with Crippen molar-refractivity contribution < 1.29 is 24.2 Å². The summed E-state index contributed by atoms with van der Waals surface area (Å²) in [7, 11) is 0. The van der Waals surface area contributed by atoms with Gasteiger partial charge in [0.25, 0.3) is 0 Å². The van der Waals surface area contributed by atoms with E-state index >= 15 is 0 Å². The fourth-order valence-corrected chi connectivity index (χ4v) is 4.83. The Morgan fingerprint density at radius 2 is 1.66 bits per heavy atom. The first-order valence-electron chi connectivity index (χ1n) is 11.1. The standard InChI is InChI=1S/C25H28N2O5/c1-15(12-23(28)29)26-24(30)16-10-11-17(13-16)27-25(31)32-14-22-20-8-4-2-6-18(20)19-7-3-5-9-21(19)22/h2-9,15-17,22H,10-14H2,1H3,(H,26,30)(H,27,31)(H,28,29)/t15?,16-,17+/m1/s1. The molecule has 0 aliphatic heterocycles. The summed E-state index contributed by atoms with van der Waals surface area (Å²) < 4.78 is 5.59. The van der Waals surface area contributed by atoms with E-state index in [9.17, 15) is 14.4 Å². The molecule has 0 saturated heterocycles. The van der Waals surface area contributed by atoms with Crippen LogP contribution in [0.4, 0.5) is 4.79 Å². The number of aliphatic carboxylic acids is 1. The Kier molecular flexibility index (Phi) is 6.44. The summed E-state index contributed by atoms with van der Waals surface area (Å²) in [5.74, 6) is -1.33. The third-order valence-electron chi connectivity index (χ3n) is 6.34. The van der Waals surface area contributed by atoms with Gasteiger partial charge in [-0.15, -0.1) is 0 Å². The van der Waals surface area contributed by atoms with Crippen LogP contribution in [0.1, 0.15) is 49.7 Å². The highest BCUT2D eigenvalue weighted by Crippen LogP contribution is 2.44. The molecule has 0 radical (unpaired) electrons. The Balaban J connectivity index is 1.28. The average Bonchev–Trinajstić information content (AvgIpc) is 3.34. The fourth-order valence-electron chi connectivity index (χ4n) is 4.83. The third-order valence-corrected chi connectivity index (χ3v) is 6.34. The summed E-state index contributed by atoms with van der Waals surface area (Å²) >= 11 is 0. The SMILES string of the molecule is CC(CC(=O)O)NC(=O)[C@@H]1CC[C@H](NC(=O)OCC2c3ccccc3-c3ccccc32)C1. The number of amides is 2. The number of carbonyl (C=O) groups is 3. The highest BCUT2D eigenvalue weighted by atomic mass is 16.5. The molecule has 3 N–H and O–H groups in total. The molecule has 3 atom stereocenters. The smallest absolute Gasteiger partial charge is 0.407 e. The second-order valence-electron chi connectivity index (χ2n) is 8.68. The number of ether oxygens (including phenoxy) is 1. The van der Waals surface area contributed by atoms with Crippen molar-refractivity contribution in [2.45, 2.75) is 50.6 Å². The van der Waals surface area contributed by atoms with Crippen molar-refractivity contribution in [2.75, 3.05) is 6.61 Å². The molecule has 7 nitrogen and oxygen atoms in total. The Bertz CT molecular complexity index is 975. The van der Waals surface area contributed by atoms with E-state index in [1.165, 1.54) is 11.1 Å². The number of carboxylic acid groups (broad SMARTS) is 1. The molecule has 0 spiro atoms. The first kappa shape index (κ1) is 21.9. The summed E-state index contributed by atoms with van der Waals surface area (Å²) in [5.41, 5.74) is 4.68. The van der Waals surface area contributed by atoms with Crippen LogP contribution in [-0.4, -0.2) is 41.8 Å². The number of carbonyl (C=O) groups excluding carboxylic acids is 2. The van der Waals surface area contributed by atoms with Gasteiger partial charge >= 0.3 is 12.1 Å². The zero-order chi connectivity index (χ0) is 22.7. The zero-order valence-electron chi connectivity index (χ0n) is 18.0. The lowest BCUT2D eigenvalue weighted by Crippen LogP contribution is -2.39. The van der Waals surface area contributed by atoms with Crippen molar-refractivity contribution in [1.29, 1.82) is 0 Å². The molecule has 0 bridgehead atoms. The van der Waals surface area contributed by atoms with Crippen LogP contribution in [0.15, 0.2) is 48.5 Å². The number of fused-ring (bicyclic) bond motifs is 3. The predicted octanol–water partition coefficient (Wildman–Crippen LogP) is 3.67. The molecule has 2 aromatic rings. The van der Waals surface area contributed by atoms with Crippen LogP contribution in [0.3, 0.4) is 0 Å². The van der Waals surface area contributed by atoms with Crippen molar-refractivity contribution in [1.82, 2.24) is 10.6 Å². The van der Waals surface area contributed by atoms with Crippen LogP contribution in [0.2, 0.25) is 0 Å². The first-order chi connectivity index (χ1) is 15.4. The molecule has 4 rings (SSSR count). The van der Waals surface area contributed by atoms with Gasteiger partial charge in [-0.25, -0.2) is 4.79 Å². The van der Waals surface area contributed by atoms with Gasteiger partial charge in [-0.1, -0.05) is 48.5 Å². The largest absolute Gasteiger partial charge is 0.481 e. The normalized spacial score (nSPS) is 20.2. The maximum absolute atomic E-state index is 12.5. The summed E-state index contributed by atoms with van der Waals surface area (Å²) in [6.07, 6.45) is 1.28. The Morgan fingerprint density at radius 1 is 1.03 bits per heavy atom. The molecule has 7 heteroatoms. The summed E-state index contributed by atoms with van der Waals surface area (Å²) in [4.78, 5) is 35.6. The number of hydrogen-bond acceptors (Lipinski definition) is 4. The van der Waals surface area contributed by atoms with Gasteiger partial charge in [-0.2, -0.15) is 0 Å². The van der Waals surface area contributed by atoms with E-state index in [0.29, 0.717) is 19.3 Å². The van der Waals surface area contributed by atoms with Crippen molar-refractivity contribution >= 4 is 18.0 Å². The maximum Gasteiger partial charge on any atom is 0.407 e. The zero-order valence-corrected chi connectivity index (χ0v) is 18.0. The summed E-state index contributed by atoms with van der Waals surface area (Å²) in [5, 5.41) is 14.5. The van der Waals surface area contributed by atoms with Gasteiger partial charge < -0.3 is 20.5 Å². The molecule has 0 heterocycles. The average molecular weight is 437 g/mol. The van der Waals surface area contributed by atoms with Gasteiger partial charge in [-0.05, 0) is 48.4 Å². The quantitative estimate of drug-likeness (QED) is 0.614. The molecule has 2 aromatic carbocycles. The lowest BCUT2D eigenvalue weighted by Gasteiger charge is -2.18. The van der Waals surface area contributed by atoms with Crippen LogP contribution in [0.5, 0.6) is 0 Å². The van der Waals surface area contributed by atoms with Crippen molar-refractivity contribution in [3.63, 3.8) is 0 Å². The number of nitrogens with one attached hydrogen (secondary N) is 2. The van der Waals surface area contributed by atoms with Gasteiger partial charge in [0.1, 0.15) is 6.61 Å². The second-order valence-corrected chi connectivity index (χ2v) is 8.68. The minimum absolute atomic E-state index is 0.00553. The van der Waals surface area contributed by atoms with Crippen LogP contribution in [-0.2, 0) is 14.3 Å². The van der Waals surface area contributed by atoms with Gasteiger partial charge in [0.15, 0.2) is 0 Å². The molecular formula is C25H28N2O5. The molecule has 2 aliphatic carbocycles. The molecule has 0 aromatic heterocycles. The van der Waals surface area contributed by atoms with Crippen molar-refractivity contribution in [3.8, 4) is 11.1 Å². The second kappa shape index (κ2) is 9.42. The van der Waals surface area contributed by atoms with Crippen molar-refractivity contribution in [3.05, 3.63) is 59.7 Å². The summed E-state index contributed by atoms with van der Waals surface area (Å²) in [6, 6.07) is 15.8. The Morgan fingerprint density at radius 3 is 2.28 bits per heavy atom. The first-order valence-corrected chi connectivity index (χ1v) is 11.1. The van der Waals surface area contributed by atoms with Crippen LogP contribution < -0.4 is 10.6 Å². The highest BCUT2D eigenvalue weighted by Gasteiger charge is 2.33. The van der Waals surface area contributed by atoms with E-state index in [-0.39, 0.29) is 36.8 Å². The van der Waals surface area contributed by atoms with Crippen LogP contribution in [0, 0.1) is 5.92 Å². The lowest BCUT2D eigenvalue weighted by molar-refractivity contribution is -0.137. The van der Waals surface area contributed by atoms with Crippen molar-refractivity contribution in [2.24, 2.45) is 5.92 Å². The monoisotopic (exact) mass is 436 g/mol. The molecule has 1 saturated carbocycles. The third kappa shape index (κ3) is 4.77. The van der Waals surface area contributed by atoms with E-state index in [1.807, 2.05) is 24.3 Å². The van der Waals surface area contributed by atoms with Gasteiger partial charge in [0.2, 0.25) is 5.91 Å². The van der Waals surface area contributed by atoms with Gasteiger partial charge in [-0.3, -0.25) is 9.59 Å². The van der Waals surface area contributed by atoms with E-state index in [0.717, 1.165) is 11.1 Å². The lowest BCUT2D eigenvalue weighted by atomic mass is 9.98. The number of carboxylic acids is 1. The maximum atomic E-state index is 12.5. The van der Waals surface area contributed by atoms with E-state index in [4.69, 9.17) is 9.84 Å². The Hall–Kier alpha value is -3.35. The van der Waals surface area contributed by atoms with Gasteiger partial charge in [0.05, 0.1) is 6.42 Å². The number of hydrogen-bond donors (Lipinski definition) is 3. The van der Waals surface area contributed by atoms with Crippen LogP contribution >= 0.6 is 0 Å². The minimum atomic E-state index is -0.945. The molecule has 2 aliphatic rings. The predicted molar refractivity (Wildman–Crippen MR) is 119 cm³/mol. The molecule has 2 amide bonds. The molecule has 168 valence electrons. The number of alkyl carbamates (subject to hydrolysis) is 1. The fraction of sp³-hybridized carbons (Fsp3) is 0.400. The number of benzene rings is 2. The minimum Gasteiger partial charge on any atom is -0.481 e. The molecule has 1 unspecified atom stereocenters. The van der Waals surface area contributed by atoms with E-state index in [2.05, 4.69) is 34.9 Å². The summed E-state index contributed by atoms with van der Waals surface area (Å²) in [6.45, 7) is 1.93. The number of rotatable bonds is 7. The highest BCUT2D eigenvalue weighted by molar-refractivity contribution is 5.81. The van der Waals surface area contributed by atoms with E-state index in [1.54, 1.807) is 6.92 Å². The van der Waals surface area contributed by atoms with Crippen LogP contribution in [0.25, 0.3) is 11.1 Å². The van der Waals surface area contributed by atoms with E-state index < -0.39 is 18.1 Å². The molecule has 1 fully saturated rings. The molecular weight excluding hydrogens is 408 g/mol. The van der Waals surface area contributed by atoms with Gasteiger partial charge in [0, 0.05) is 23.9 Å².